The van der Waals surface area contributed by atoms with E-state index in [1.807, 2.05) is 29.7 Å². The third-order valence-corrected chi connectivity index (χ3v) is 3.30. The molecule has 0 saturated carbocycles. The summed E-state index contributed by atoms with van der Waals surface area (Å²) in [5.74, 6) is 3.14. The highest BCUT2D eigenvalue weighted by molar-refractivity contribution is 5.63. The molecule has 0 aliphatic carbocycles. The molecule has 0 fully saturated rings. The molecule has 3 rings (SSSR count). The molecule has 7 nitrogen and oxygen atoms in total. The highest BCUT2D eigenvalue weighted by Gasteiger charge is 2.21. The Balaban J connectivity index is 2.28. The van der Waals surface area contributed by atoms with Crippen LogP contribution < -0.4 is 9.47 Å². The Labute approximate surface area is 127 Å². The summed E-state index contributed by atoms with van der Waals surface area (Å²) in [4.78, 5) is 4.32. The molecule has 0 aliphatic rings. The zero-order valence-electron chi connectivity index (χ0n) is 12.8. The van der Waals surface area contributed by atoms with Gasteiger partial charge in [0.15, 0.2) is 11.7 Å². The van der Waals surface area contributed by atoms with E-state index in [4.69, 9.17) is 13.9 Å². The Kier molecular flexibility index (Phi) is 3.54. The van der Waals surface area contributed by atoms with Gasteiger partial charge in [-0.3, -0.25) is 4.57 Å². The van der Waals surface area contributed by atoms with Gasteiger partial charge >= 0.3 is 0 Å². The van der Waals surface area contributed by atoms with E-state index in [1.54, 1.807) is 27.4 Å². The van der Waals surface area contributed by atoms with E-state index < -0.39 is 0 Å². The van der Waals surface area contributed by atoms with Crippen LogP contribution in [0.4, 0.5) is 0 Å². The zero-order valence-corrected chi connectivity index (χ0v) is 12.8. The van der Waals surface area contributed by atoms with Crippen molar-refractivity contribution < 1.29 is 13.9 Å². The molecule has 7 heteroatoms. The first-order valence-corrected chi connectivity index (χ1v) is 6.71. The Morgan fingerprint density at radius 2 is 1.73 bits per heavy atom. The van der Waals surface area contributed by atoms with Crippen LogP contribution in [0.3, 0.4) is 0 Å². The minimum Gasteiger partial charge on any atom is -0.494 e. The van der Waals surface area contributed by atoms with E-state index in [-0.39, 0.29) is 0 Å². The van der Waals surface area contributed by atoms with E-state index in [1.165, 1.54) is 0 Å². The molecule has 0 atom stereocenters. The number of benzene rings is 1. The summed E-state index contributed by atoms with van der Waals surface area (Å²) >= 11 is 0. The van der Waals surface area contributed by atoms with Gasteiger partial charge in [-0.2, -0.15) is 0 Å². The highest BCUT2D eigenvalue weighted by atomic mass is 16.5. The minimum atomic E-state index is 0.564. The molecule has 0 amide bonds. The van der Waals surface area contributed by atoms with E-state index in [0.29, 0.717) is 34.7 Å². The lowest BCUT2D eigenvalue weighted by atomic mass is 10.2. The number of oxazole rings is 1. The van der Waals surface area contributed by atoms with Gasteiger partial charge in [0.2, 0.25) is 0 Å². The summed E-state index contributed by atoms with van der Waals surface area (Å²) in [6.07, 6.45) is 1.55. The lowest BCUT2D eigenvalue weighted by Crippen LogP contribution is -2.05. The summed E-state index contributed by atoms with van der Waals surface area (Å²) in [7, 11) is 3.22. The molecule has 0 N–H and O–H groups in total. The van der Waals surface area contributed by atoms with Gasteiger partial charge in [-0.1, -0.05) is 6.07 Å². The third kappa shape index (κ3) is 2.20. The lowest BCUT2D eigenvalue weighted by molar-refractivity contribution is 0.391. The fourth-order valence-corrected chi connectivity index (χ4v) is 2.31. The smallest absolute Gasteiger partial charge is 0.191 e. The predicted octanol–water partition coefficient (Wildman–Crippen LogP) is 2.56. The molecule has 0 unspecified atom stereocenters. The van der Waals surface area contributed by atoms with Crippen molar-refractivity contribution in [1.82, 2.24) is 19.7 Å². The summed E-state index contributed by atoms with van der Waals surface area (Å²) in [5.41, 5.74) is 1.33. The second-order valence-corrected chi connectivity index (χ2v) is 4.67. The van der Waals surface area contributed by atoms with Crippen LogP contribution in [-0.4, -0.2) is 34.0 Å². The van der Waals surface area contributed by atoms with Crippen LogP contribution in [0.25, 0.3) is 17.2 Å². The topological polar surface area (TPSA) is 75.2 Å². The molecule has 114 valence electrons. The molecule has 22 heavy (non-hydrogen) atoms. The molecule has 2 heterocycles. The maximum absolute atomic E-state index is 5.46. The van der Waals surface area contributed by atoms with Crippen molar-refractivity contribution in [2.75, 3.05) is 14.2 Å². The molecule has 0 bridgehead atoms. The maximum atomic E-state index is 5.46. The quantitative estimate of drug-likeness (QED) is 0.737. The molecular weight excluding hydrogens is 284 g/mol. The van der Waals surface area contributed by atoms with Gasteiger partial charge in [0.25, 0.3) is 0 Å². The van der Waals surface area contributed by atoms with Gasteiger partial charge in [0.1, 0.15) is 35.0 Å². The van der Waals surface area contributed by atoms with E-state index in [0.717, 1.165) is 5.69 Å². The van der Waals surface area contributed by atoms with E-state index in [9.17, 15) is 0 Å². The van der Waals surface area contributed by atoms with Gasteiger partial charge in [0, 0.05) is 6.92 Å². The van der Waals surface area contributed by atoms with Crippen molar-refractivity contribution >= 4 is 0 Å². The van der Waals surface area contributed by atoms with Crippen LogP contribution >= 0.6 is 0 Å². The Bertz CT molecular complexity index is 785. The SMILES string of the molecule is COc1cccc(OC)c1-n1c(C)nnc1-c1coc(C)n1. The fraction of sp³-hybridized carbons (Fsp3) is 0.267. The zero-order chi connectivity index (χ0) is 15.7. The van der Waals surface area contributed by atoms with Gasteiger partial charge in [-0.05, 0) is 19.1 Å². The number of aromatic nitrogens is 4. The monoisotopic (exact) mass is 300 g/mol. The molecule has 0 aliphatic heterocycles. The molecular formula is C15H16N4O3. The minimum absolute atomic E-state index is 0.564. The first-order chi connectivity index (χ1) is 10.7. The van der Waals surface area contributed by atoms with Crippen molar-refractivity contribution in [1.29, 1.82) is 0 Å². The normalized spacial score (nSPS) is 10.7. The summed E-state index contributed by atoms with van der Waals surface area (Å²) in [6, 6.07) is 5.57. The lowest BCUT2D eigenvalue weighted by Gasteiger charge is -2.15. The van der Waals surface area contributed by atoms with Crippen LogP contribution in [0.5, 0.6) is 11.5 Å². The van der Waals surface area contributed by atoms with Gasteiger partial charge in [0.05, 0.1) is 14.2 Å². The molecule has 1 aromatic carbocycles. The third-order valence-electron chi connectivity index (χ3n) is 3.30. The first-order valence-electron chi connectivity index (χ1n) is 6.71. The van der Waals surface area contributed by atoms with Gasteiger partial charge in [-0.15, -0.1) is 10.2 Å². The van der Waals surface area contributed by atoms with Crippen molar-refractivity contribution in [2.24, 2.45) is 0 Å². The predicted molar refractivity (Wildman–Crippen MR) is 79.4 cm³/mol. The average molecular weight is 300 g/mol. The summed E-state index contributed by atoms with van der Waals surface area (Å²) in [5, 5.41) is 8.36. The van der Waals surface area contributed by atoms with Gasteiger partial charge in [-0.25, -0.2) is 4.98 Å². The molecule has 0 radical (unpaired) electrons. The Morgan fingerprint density at radius 1 is 1.05 bits per heavy atom. The second kappa shape index (κ2) is 5.51. The van der Waals surface area contributed by atoms with Crippen molar-refractivity contribution in [3.8, 4) is 28.7 Å². The number of rotatable bonds is 4. The van der Waals surface area contributed by atoms with Crippen LogP contribution in [-0.2, 0) is 0 Å². The van der Waals surface area contributed by atoms with E-state index in [2.05, 4.69) is 15.2 Å². The standard InChI is InChI=1S/C15H16N4O3/c1-9-17-18-15(11-8-22-10(2)16-11)19(9)14-12(20-3)6-5-7-13(14)21-4/h5-8H,1-4H3. The van der Waals surface area contributed by atoms with Crippen LogP contribution in [0.1, 0.15) is 11.7 Å². The number of ether oxygens (including phenoxy) is 2. The maximum Gasteiger partial charge on any atom is 0.191 e. The summed E-state index contributed by atoms with van der Waals surface area (Å²) in [6.45, 7) is 3.63. The largest absolute Gasteiger partial charge is 0.494 e. The molecule has 2 aromatic heterocycles. The van der Waals surface area contributed by atoms with E-state index >= 15 is 0 Å². The summed E-state index contributed by atoms with van der Waals surface area (Å²) < 4.78 is 18.0. The number of aryl methyl sites for hydroxylation is 2. The molecule has 0 spiro atoms. The number of methoxy groups -OCH3 is 2. The van der Waals surface area contributed by atoms with Crippen LogP contribution in [0, 0.1) is 13.8 Å². The molecule has 0 saturated heterocycles. The fourth-order valence-electron chi connectivity index (χ4n) is 2.31. The first kappa shape index (κ1) is 14.1. The Morgan fingerprint density at radius 3 is 2.27 bits per heavy atom. The number of hydrogen-bond donors (Lipinski definition) is 0. The Hall–Kier alpha value is -2.83. The second-order valence-electron chi connectivity index (χ2n) is 4.67. The highest BCUT2D eigenvalue weighted by Crippen LogP contribution is 2.35. The molecule has 3 aromatic rings. The van der Waals surface area contributed by atoms with Crippen LogP contribution in [0.15, 0.2) is 28.9 Å². The van der Waals surface area contributed by atoms with Gasteiger partial charge < -0.3 is 13.9 Å². The number of para-hydroxylation sites is 1. The van der Waals surface area contributed by atoms with Crippen molar-refractivity contribution in [2.45, 2.75) is 13.8 Å². The van der Waals surface area contributed by atoms with Crippen molar-refractivity contribution in [3.05, 3.63) is 36.2 Å². The van der Waals surface area contributed by atoms with Crippen LogP contribution in [0.2, 0.25) is 0 Å². The van der Waals surface area contributed by atoms with Crippen molar-refractivity contribution in [3.63, 3.8) is 0 Å². The number of nitrogens with zero attached hydrogens (tertiary/aromatic N) is 4. The average Bonchev–Trinajstić information content (AvgIpc) is 3.12. The number of hydrogen-bond acceptors (Lipinski definition) is 6.